The fraction of sp³-hybridized carbons (Fsp3) is 0.100. The molecule has 0 saturated carbocycles. The molecular formula is C20H17N3OS. The minimum Gasteiger partial charge on any atom is -0.339 e. The number of carbonyl (C=O) groups excluding carboxylic acids is 1. The van der Waals surface area contributed by atoms with Gasteiger partial charge in [0, 0.05) is 10.3 Å². The van der Waals surface area contributed by atoms with E-state index < -0.39 is 0 Å². The molecule has 0 radical (unpaired) electrons. The summed E-state index contributed by atoms with van der Waals surface area (Å²) in [6.45, 7) is 2.01. The topological polar surface area (TPSA) is 57.8 Å². The minimum absolute atomic E-state index is 0.181. The van der Waals surface area contributed by atoms with Crippen LogP contribution in [0.1, 0.15) is 32.5 Å². The second kappa shape index (κ2) is 6.53. The van der Waals surface area contributed by atoms with E-state index in [2.05, 4.69) is 15.5 Å². The van der Waals surface area contributed by atoms with Crippen molar-refractivity contribution in [1.29, 1.82) is 0 Å². The Hall–Kier alpha value is -2.92. The Bertz CT molecular complexity index is 1010. The van der Waals surface area contributed by atoms with Crippen molar-refractivity contribution < 1.29 is 4.79 Å². The quantitative estimate of drug-likeness (QED) is 0.573. The average Bonchev–Trinajstić information content (AvgIpc) is 3.29. The largest absolute Gasteiger partial charge is 0.339 e. The zero-order chi connectivity index (χ0) is 17.2. The number of fused-ring (bicyclic) bond motifs is 1. The summed E-state index contributed by atoms with van der Waals surface area (Å²) in [5, 5.41) is 13.2. The third-order valence-electron chi connectivity index (χ3n) is 4.17. The van der Waals surface area contributed by atoms with Crippen molar-refractivity contribution in [3.05, 3.63) is 87.7 Å². The highest BCUT2D eigenvalue weighted by Crippen LogP contribution is 2.27. The van der Waals surface area contributed by atoms with Gasteiger partial charge in [0.2, 0.25) is 0 Å². The number of nitrogens with one attached hydrogen (secondary N) is 2. The third-order valence-corrected chi connectivity index (χ3v) is 5.11. The molecule has 1 unspecified atom stereocenters. The monoisotopic (exact) mass is 347 g/mol. The second-order valence-corrected chi connectivity index (χ2v) is 6.93. The summed E-state index contributed by atoms with van der Waals surface area (Å²) in [5.41, 5.74) is 3.44. The molecule has 0 saturated heterocycles. The van der Waals surface area contributed by atoms with Crippen molar-refractivity contribution in [3.63, 3.8) is 0 Å². The molecule has 0 bridgehead atoms. The van der Waals surface area contributed by atoms with Gasteiger partial charge in [0.05, 0.1) is 11.6 Å². The maximum Gasteiger partial charge on any atom is 0.273 e. The van der Waals surface area contributed by atoms with Crippen molar-refractivity contribution in [1.82, 2.24) is 15.5 Å². The van der Waals surface area contributed by atoms with E-state index in [0.717, 1.165) is 26.9 Å². The van der Waals surface area contributed by atoms with Crippen LogP contribution in [-0.4, -0.2) is 16.1 Å². The molecular weight excluding hydrogens is 330 g/mol. The van der Waals surface area contributed by atoms with Gasteiger partial charge >= 0.3 is 0 Å². The van der Waals surface area contributed by atoms with E-state index in [-0.39, 0.29) is 11.9 Å². The predicted molar refractivity (Wildman–Crippen MR) is 101 cm³/mol. The van der Waals surface area contributed by atoms with Crippen LogP contribution in [0.25, 0.3) is 10.9 Å². The Morgan fingerprint density at radius 2 is 1.96 bits per heavy atom. The van der Waals surface area contributed by atoms with Crippen molar-refractivity contribution in [2.24, 2.45) is 0 Å². The SMILES string of the molecule is Cc1ccc2[nH]nc(C(=O)NC(c3ccccc3)c3cccs3)c2c1. The van der Waals surface area contributed by atoms with Crippen LogP contribution in [0.2, 0.25) is 0 Å². The maximum absolute atomic E-state index is 12.9. The molecule has 2 aromatic heterocycles. The van der Waals surface area contributed by atoms with E-state index in [9.17, 15) is 4.79 Å². The Labute approximate surface area is 149 Å². The lowest BCUT2D eigenvalue weighted by molar-refractivity contribution is 0.0940. The van der Waals surface area contributed by atoms with Crippen molar-refractivity contribution in [3.8, 4) is 0 Å². The number of hydrogen-bond donors (Lipinski definition) is 2. The standard InChI is InChI=1S/C20H17N3OS/c1-13-9-10-16-15(12-13)19(23-22-16)20(24)21-18(17-8-5-11-25-17)14-6-3-2-4-7-14/h2-12,18H,1H3,(H,21,24)(H,22,23). The molecule has 2 aromatic carbocycles. The van der Waals surface area contributed by atoms with Crippen LogP contribution in [0.15, 0.2) is 66.0 Å². The number of amides is 1. The van der Waals surface area contributed by atoms with Gasteiger partial charge in [0.1, 0.15) is 0 Å². The third kappa shape index (κ3) is 3.06. The van der Waals surface area contributed by atoms with E-state index >= 15 is 0 Å². The molecule has 0 spiro atoms. The zero-order valence-corrected chi connectivity index (χ0v) is 14.5. The molecule has 4 aromatic rings. The maximum atomic E-state index is 12.9. The van der Waals surface area contributed by atoms with Gasteiger partial charge in [-0.15, -0.1) is 11.3 Å². The Morgan fingerprint density at radius 1 is 1.12 bits per heavy atom. The summed E-state index contributed by atoms with van der Waals surface area (Å²) in [7, 11) is 0. The van der Waals surface area contributed by atoms with E-state index in [4.69, 9.17) is 0 Å². The molecule has 0 aliphatic rings. The summed E-state index contributed by atoms with van der Waals surface area (Å²) in [4.78, 5) is 14.0. The molecule has 124 valence electrons. The molecule has 2 heterocycles. The van der Waals surface area contributed by atoms with E-state index in [1.54, 1.807) is 11.3 Å². The number of carbonyl (C=O) groups is 1. The van der Waals surface area contributed by atoms with Gasteiger partial charge in [0.15, 0.2) is 5.69 Å². The summed E-state index contributed by atoms with van der Waals surface area (Å²) in [6, 6.07) is 19.8. The van der Waals surface area contributed by atoms with Crippen LogP contribution >= 0.6 is 11.3 Å². The first-order chi connectivity index (χ1) is 12.2. The van der Waals surface area contributed by atoms with Gasteiger partial charge in [-0.1, -0.05) is 48.0 Å². The van der Waals surface area contributed by atoms with Crippen molar-refractivity contribution >= 4 is 28.1 Å². The summed E-state index contributed by atoms with van der Waals surface area (Å²) in [6.07, 6.45) is 0. The normalized spacial score (nSPS) is 12.2. The van der Waals surface area contributed by atoms with Gasteiger partial charge in [-0.05, 0) is 36.1 Å². The number of thiophene rings is 1. The highest BCUT2D eigenvalue weighted by Gasteiger charge is 2.21. The average molecular weight is 347 g/mol. The zero-order valence-electron chi connectivity index (χ0n) is 13.7. The first-order valence-corrected chi connectivity index (χ1v) is 8.94. The van der Waals surface area contributed by atoms with Gasteiger partial charge in [-0.2, -0.15) is 5.10 Å². The molecule has 4 nitrogen and oxygen atoms in total. The number of hydrogen-bond acceptors (Lipinski definition) is 3. The summed E-state index contributed by atoms with van der Waals surface area (Å²) in [5.74, 6) is -0.181. The molecule has 4 rings (SSSR count). The Kier molecular flexibility index (Phi) is 4.07. The number of nitrogens with zero attached hydrogens (tertiary/aromatic N) is 1. The molecule has 0 aliphatic heterocycles. The first kappa shape index (κ1) is 15.6. The molecule has 0 fully saturated rings. The van der Waals surface area contributed by atoms with E-state index in [1.165, 1.54) is 0 Å². The predicted octanol–water partition coefficient (Wildman–Crippen LogP) is 4.45. The number of benzene rings is 2. The minimum atomic E-state index is -0.190. The van der Waals surface area contributed by atoms with Crippen molar-refractivity contribution in [2.75, 3.05) is 0 Å². The van der Waals surface area contributed by atoms with E-state index in [0.29, 0.717) is 5.69 Å². The lowest BCUT2D eigenvalue weighted by atomic mass is 10.0. The number of aromatic amines is 1. The van der Waals surface area contributed by atoms with E-state index in [1.807, 2.05) is 73.0 Å². The van der Waals surface area contributed by atoms with Crippen LogP contribution < -0.4 is 5.32 Å². The number of rotatable bonds is 4. The lowest BCUT2D eigenvalue weighted by Crippen LogP contribution is -2.29. The van der Waals surface area contributed by atoms with Crippen molar-refractivity contribution in [2.45, 2.75) is 13.0 Å². The fourth-order valence-electron chi connectivity index (χ4n) is 2.92. The highest BCUT2D eigenvalue weighted by atomic mass is 32.1. The molecule has 25 heavy (non-hydrogen) atoms. The Morgan fingerprint density at radius 3 is 2.72 bits per heavy atom. The number of H-pyrrole nitrogens is 1. The number of aryl methyl sites for hydroxylation is 1. The summed E-state index contributed by atoms with van der Waals surface area (Å²) < 4.78 is 0. The van der Waals surface area contributed by atoms with Gasteiger partial charge in [0.25, 0.3) is 5.91 Å². The summed E-state index contributed by atoms with van der Waals surface area (Å²) >= 11 is 1.63. The smallest absolute Gasteiger partial charge is 0.273 e. The molecule has 1 atom stereocenters. The first-order valence-electron chi connectivity index (χ1n) is 8.06. The van der Waals surface area contributed by atoms with Crippen LogP contribution in [0.4, 0.5) is 0 Å². The highest BCUT2D eigenvalue weighted by molar-refractivity contribution is 7.10. The molecule has 1 amide bonds. The van der Waals surface area contributed by atoms with Gasteiger partial charge in [-0.3, -0.25) is 9.89 Å². The second-order valence-electron chi connectivity index (χ2n) is 5.95. The molecule has 0 aliphatic carbocycles. The fourth-order valence-corrected chi connectivity index (χ4v) is 3.72. The van der Waals surface area contributed by atoms with Crippen LogP contribution in [0, 0.1) is 6.92 Å². The van der Waals surface area contributed by atoms with Gasteiger partial charge < -0.3 is 5.32 Å². The molecule has 2 N–H and O–H groups in total. The number of aromatic nitrogens is 2. The lowest BCUT2D eigenvalue weighted by Gasteiger charge is -2.17. The van der Waals surface area contributed by atoms with Crippen LogP contribution in [0.3, 0.4) is 0 Å². The van der Waals surface area contributed by atoms with Crippen LogP contribution in [-0.2, 0) is 0 Å². The van der Waals surface area contributed by atoms with Gasteiger partial charge in [-0.25, -0.2) is 0 Å². The Balaban J connectivity index is 1.70. The molecule has 5 heteroatoms. The van der Waals surface area contributed by atoms with Crippen LogP contribution in [0.5, 0.6) is 0 Å².